The number of hydrogen-bond donors (Lipinski definition) is 1. The lowest BCUT2D eigenvalue weighted by Gasteiger charge is -2.30. The van der Waals surface area contributed by atoms with Crippen LogP contribution in [0.5, 0.6) is 0 Å². The molecule has 168 valence electrons. The molecular weight excluding hydrogens is 451 g/mol. The van der Waals surface area contributed by atoms with E-state index in [0.717, 1.165) is 23.1 Å². The van der Waals surface area contributed by atoms with E-state index in [9.17, 15) is 9.59 Å². The fourth-order valence-electron chi connectivity index (χ4n) is 3.01. The first-order valence-electron chi connectivity index (χ1n) is 10.4. The number of amides is 2. The number of carbonyl (C=O) groups is 2. The van der Waals surface area contributed by atoms with Crippen LogP contribution in [0.3, 0.4) is 0 Å². The second kappa shape index (κ2) is 12.4. The number of rotatable bonds is 10. The summed E-state index contributed by atoms with van der Waals surface area (Å²) in [7, 11) is 0. The van der Waals surface area contributed by atoms with Crippen molar-refractivity contribution in [1.29, 1.82) is 0 Å². The first kappa shape index (κ1) is 25.6. The van der Waals surface area contributed by atoms with Gasteiger partial charge in [-0.2, -0.15) is 0 Å². The number of thioether (sulfide) groups is 1. The zero-order valence-electron chi connectivity index (χ0n) is 18.5. The smallest absolute Gasteiger partial charge is 0.242 e. The van der Waals surface area contributed by atoms with Gasteiger partial charge in [-0.15, -0.1) is 11.8 Å². The SMILES string of the molecule is CC[C@@H](C)NC(=O)[C@@H](C)N(Cc1ccccc1C)C(=O)CSCc1c(Cl)cccc1Cl. The Balaban J connectivity index is 2.13. The predicted molar refractivity (Wildman–Crippen MR) is 132 cm³/mol. The zero-order chi connectivity index (χ0) is 23.0. The average molecular weight is 481 g/mol. The molecule has 2 atom stereocenters. The van der Waals surface area contributed by atoms with Gasteiger partial charge in [0.05, 0.1) is 5.75 Å². The maximum Gasteiger partial charge on any atom is 0.242 e. The number of nitrogens with one attached hydrogen (secondary N) is 1. The first-order valence-corrected chi connectivity index (χ1v) is 12.3. The molecule has 0 aromatic heterocycles. The van der Waals surface area contributed by atoms with E-state index in [1.807, 2.05) is 45.0 Å². The molecule has 2 aromatic carbocycles. The van der Waals surface area contributed by atoms with Crippen LogP contribution >= 0.6 is 35.0 Å². The molecule has 0 saturated heterocycles. The Morgan fingerprint density at radius 2 is 1.71 bits per heavy atom. The second-order valence-electron chi connectivity index (χ2n) is 7.63. The fourth-order valence-corrected chi connectivity index (χ4v) is 4.66. The molecular formula is C24H30Cl2N2O2S. The van der Waals surface area contributed by atoms with Gasteiger partial charge in [-0.25, -0.2) is 0 Å². The number of nitrogens with zero attached hydrogens (tertiary/aromatic N) is 1. The quantitative estimate of drug-likeness (QED) is 0.462. The van der Waals surface area contributed by atoms with Crippen LogP contribution in [0.4, 0.5) is 0 Å². The van der Waals surface area contributed by atoms with E-state index in [2.05, 4.69) is 5.32 Å². The molecule has 0 aliphatic carbocycles. The van der Waals surface area contributed by atoms with Gasteiger partial charge in [0.1, 0.15) is 6.04 Å². The van der Waals surface area contributed by atoms with E-state index < -0.39 is 6.04 Å². The minimum absolute atomic E-state index is 0.0575. The summed E-state index contributed by atoms with van der Waals surface area (Å²) in [5.74, 6) is 0.517. The molecule has 0 radical (unpaired) electrons. The van der Waals surface area contributed by atoms with Crippen LogP contribution in [0.2, 0.25) is 10.0 Å². The molecule has 4 nitrogen and oxygen atoms in total. The van der Waals surface area contributed by atoms with Crippen LogP contribution in [0.25, 0.3) is 0 Å². The minimum atomic E-state index is -0.578. The monoisotopic (exact) mass is 480 g/mol. The van der Waals surface area contributed by atoms with E-state index in [1.54, 1.807) is 30.0 Å². The highest BCUT2D eigenvalue weighted by Crippen LogP contribution is 2.28. The third kappa shape index (κ3) is 7.44. The fraction of sp³-hybridized carbons (Fsp3) is 0.417. The lowest BCUT2D eigenvalue weighted by molar-refractivity contribution is -0.138. The maximum atomic E-state index is 13.2. The molecule has 0 aliphatic rings. The lowest BCUT2D eigenvalue weighted by Crippen LogP contribution is -2.50. The van der Waals surface area contributed by atoms with Crippen LogP contribution in [0, 0.1) is 6.92 Å². The Kier molecular flexibility index (Phi) is 10.2. The van der Waals surface area contributed by atoms with E-state index in [0.29, 0.717) is 22.3 Å². The van der Waals surface area contributed by atoms with Crippen LogP contribution in [0.15, 0.2) is 42.5 Å². The number of hydrogen-bond acceptors (Lipinski definition) is 3. The highest BCUT2D eigenvalue weighted by Gasteiger charge is 2.27. The average Bonchev–Trinajstić information content (AvgIpc) is 2.74. The van der Waals surface area contributed by atoms with Gasteiger partial charge in [0.15, 0.2) is 0 Å². The summed E-state index contributed by atoms with van der Waals surface area (Å²) < 4.78 is 0. The van der Waals surface area contributed by atoms with Gasteiger partial charge in [0.25, 0.3) is 0 Å². The molecule has 0 fully saturated rings. The Labute approximate surface area is 199 Å². The van der Waals surface area contributed by atoms with Gasteiger partial charge >= 0.3 is 0 Å². The molecule has 0 aliphatic heterocycles. The largest absolute Gasteiger partial charge is 0.352 e. The van der Waals surface area contributed by atoms with Crippen molar-refractivity contribution < 1.29 is 9.59 Å². The number of aryl methyl sites for hydroxylation is 1. The van der Waals surface area contributed by atoms with Crippen LogP contribution < -0.4 is 5.32 Å². The summed E-state index contributed by atoms with van der Waals surface area (Å²) in [4.78, 5) is 27.6. The predicted octanol–water partition coefficient (Wildman–Crippen LogP) is 5.87. The summed E-state index contributed by atoms with van der Waals surface area (Å²) in [5.41, 5.74) is 2.93. The topological polar surface area (TPSA) is 49.4 Å². The molecule has 1 N–H and O–H groups in total. The van der Waals surface area contributed by atoms with Gasteiger partial charge in [0, 0.05) is 28.4 Å². The molecule has 0 unspecified atom stereocenters. The van der Waals surface area contributed by atoms with Crippen molar-refractivity contribution in [2.45, 2.75) is 58.5 Å². The summed E-state index contributed by atoms with van der Waals surface area (Å²) >= 11 is 13.9. The summed E-state index contributed by atoms with van der Waals surface area (Å²) in [5, 5.41) is 4.16. The molecule has 0 bridgehead atoms. The molecule has 0 saturated carbocycles. The van der Waals surface area contributed by atoms with Gasteiger partial charge < -0.3 is 10.2 Å². The van der Waals surface area contributed by atoms with E-state index in [4.69, 9.17) is 23.2 Å². The first-order chi connectivity index (χ1) is 14.7. The van der Waals surface area contributed by atoms with Crippen LogP contribution in [-0.2, 0) is 21.9 Å². The Bertz CT molecular complexity index is 887. The lowest BCUT2D eigenvalue weighted by atomic mass is 10.1. The van der Waals surface area contributed by atoms with Crippen molar-refractivity contribution in [2.75, 3.05) is 5.75 Å². The summed E-state index contributed by atoms with van der Waals surface area (Å²) in [6, 6.07) is 12.8. The molecule has 7 heteroatoms. The van der Waals surface area contributed by atoms with Gasteiger partial charge in [-0.1, -0.05) is 60.5 Å². The number of benzene rings is 2. The zero-order valence-corrected chi connectivity index (χ0v) is 20.8. The second-order valence-corrected chi connectivity index (χ2v) is 9.43. The molecule has 0 spiro atoms. The standard InChI is InChI=1S/C24H30Cl2N2O2S/c1-5-17(3)27-24(30)18(4)28(13-19-10-7-6-9-16(19)2)23(29)15-31-14-20-21(25)11-8-12-22(20)26/h6-12,17-18H,5,13-15H2,1-4H3,(H,27,30)/t17-,18-/m1/s1. The highest BCUT2D eigenvalue weighted by molar-refractivity contribution is 7.99. The van der Waals surface area contributed by atoms with Gasteiger partial charge in [-0.3, -0.25) is 9.59 Å². The van der Waals surface area contributed by atoms with E-state index in [-0.39, 0.29) is 23.6 Å². The van der Waals surface area contributed by atoms with Crippen molar-refractivity contribution in [3.8, 4) is 0 Å². The number of carbonyl (C=O) groups excluding carboxylic acids is 2. The normalized spacial score (nSPS) is 12.8. The van der Waals surface area contributed by atoms with Crippen molar-refractivity contribution >= 4 is 46.8 Å². The molecule has 0 heterocycles. The Morgan fingerprint density at radius 1 is 1.06 bits per heavy atom. The van der Waals surface area contributed by atoms with Crippen molar-refractivity contribution in [2.24, 2.45) is 0 Å². The third-order valence-corrected chi connectivity index (χ3v) is 6.96. The van der Waals surface area contributed by atoms with E-state index in [1.165, 1.54) is 11.8 Å². The van der Waals surface area contributed by atoms with Crippen molar-refractivity contribution in [3.05, 3.63) is 69.2 Å². The van der Waals surface area contributed by atoms with Gasteiger partial charge in [-0.05, 0) is 56.0 Å². The minimum Gasteiger partial charge on any atom is -0.352 e. The molecule has 2 aromatic rings. The molecule has 2 rings (SSSR count). The Hall–Kier alpha value is -1.69. The number of halogens is 2. The molecule has 2 amide bonds. The molecule has 31 heavy (non-hydrogen) atoms. The van der Waals surface area contributed by atoms with Crippen molar-refractivity contribution in [1.82, 2.24) is 10.2 Å². The van der Waals surface area contributed by atoms with Crippen LogP contribution in [-0.4, -0.2) is 34.6 Å². The maximum absolute atomic E-state index is 13.2. The van der Waals surface area contributed by atoms with Crippen LogP contribution in [0.1, 0.15) is 43.9 Å². The Morgan fingerprint density at radius 3 is 2.32 bits per heavy atom. The highest BCUT2D eigenvalue weighted by atomic mass is 35.5. The summed E-state index contributed by atoms with van der Waals surface area (Å²) in [6.45, 7) is 8.15. The van der Waals surface area contributed by atoms with Crippen molar-refractivity contribution in [3.63, 3.8) is 0 Å². The third-order valence-electron chi connectivity index (χ3n) is 5.30. The summed E-state index contributed by atoms with van der Waals surface area (Å²) in [6.07, 6.45) is 0.832. The van der Waals surface area contributed by atoms with Gasteiger partial charge in [0.2, 0.25) is 11.8 Å². The van der Waals surface area contributed by atoms with E-state index >= 15 is 0 Å².